The molecule has 8 heteroatoms. The number of phenols is 1. The van der Waals surface area contributed by atoms with Crippen LogP contribution in [0.25, 0.3) is 11.3 Å². The van der Waals surface area contributed by atoms with Crippen LogP contribution in [0.2, 0.25) is 0 Å². The van der Waals surface area contributed by atoms with E-state index in [2.05, 4.69) is 20.5 Å². The summed E-state index contributed by atoms with van der Waals surface area (Å²) in [5, 5.41) is 25.7. The van der Waals surface area contributed by atoms with Crippen LogP contribution >= 0.6 is 11.8 Å². The third kappa shape index (κ3) is 3.33. The van der Waals surface area contributed by atoms with Gasteiger partial charge >= 0.3 is 5.56 Å². The minimum Gasteiger partial charge on any atom is -0.508 e. The first-order valence-corrected chi connectivity index (χ1v) is 8.21. The minimum atomic E-state index is -0.400. The van der Waals surface area contributed by atoms with Crippen molar-refractivity contribution in [1.29, 1.82) is 0 Å². The zero-order valence-corrected chi connectivity index (χ0v) is 13.5. The topological polar surface area (TPSA) is 92.7 Å². The molecule has 24 heavy (non-hydrogen) atoms. The molecule has 0 saturated carbocycles. The molecule has 0 unspecified atom stereocenters. The molecule has 0 saturated heterocycles. The van der Waals surface area contributed by atoms with Crippen molar-refractivity contribution in [3.8, 4) is 17.0 Å². The molecule has 0 bridgehead atoms. The van der Waals surface area contributed by atoms with Crippen LogP contribution in [0, 0.1) is 0 Å². The van der Waals surface area contributed by atoms with Gasteiger partial charge in [0.1, 0.15) is 5.75 Å². The maximum Gasteiger partial charge on any atom is 0.303 e. The first-order valence-electron chi connectivity index (χ1n) is 6.99. The van der Waals surface area contributed by atoms with Gasteiger partial charge in [0.15, 0.2) is 5.69 Å². The molecule has 1 aromatic heterocycles. The highest BCUT2D eigenvalue weighted by Crippen LogP contribution is 2.18. The quantitative estimate of drug-likeness (QED) is 0.581. The Bertz CT molecular complexity index is 923. The van der Waals surface area contributed by atoms with Crippen molar-refractivity contribution < 1.29 is 5.11 Å². The summed E-state index contributed by atoms with van der Waals surface area (Å²) in [5.74, 6) is 0.132. The van der Waals surface area contributed by atoms with Gasteiger partial charge in [-0.15, -0.1) is 20.0 Å². The Morgan fingerprint density at radius 2 is 1.75 bits per heavy atom. The van der Waals surface area contributed by atoms with Gasteiger partial charge in [0.05, 0.1) is 5.69 Å². The molecule has 0 amide bonds. The largest absolute Gasteiger partial charge is 0.508 e. The van der Waals surface area contributed by atoms with Crippen LogP contribution in [0.1, 0.15) is 0 Å². The average molecular weight is 339 g/mol. The van der Waals surface area contributed by atoms with Crippen molar-refractivity contribution in [2.45, 2.75) is 5.16 Å². The lowest BCUT2D eigenvalue weighted by atomic mass is 10.2. The van der Waals surface area contributed by atoms with Gasteiger partial charge in [-0.05, 0) is 30.5 Å². The second-order valence-corrected chi connectivity index (χ2v) is 5.50. The fraction of sp³-hybridized carbons (Fsp3) is 0.0625. The highest BCUT2D eigenvalue weighted by molar-refractivity contribution is 7.98. The van der Waals surface area contributed by atoms with E-state index in [0.717, 1.165) is 4.68 Å². The molecule has 3 rings (SSSR count). The molecule has 7 nitrogen and oxygen atoms in total. The molecule has 120 valence electrons. The van der Waals surface area contributed by atoms with Crippen LogP contribution in [0.3, 0.4) is 0 Å². The fourth-order valence-corrected chi connectivity index (χ4v) is 2.38. The van der Waals surface area contributed by atoms with Gasteiger partial charge in [0.2, 0.25) is 5.16 Å². The lowest BCUT2D eigenvalue weighted by Crippen LogP contribution is -2.22. The number of nitrogens with zero attached hydrogens (tertiary/aromatic N) is 5. The number of aromatic hydroxyl groups is 1. The van der Waals surface area contributed by atoms with E-state index in [1.54, 1.807) is 30.5 Å². The van der Waals surface area contributed by atoms with Crippen molar-refractivity contribution in [2.75, 3.05) is 6.26 Å². The molecule has 0 atom stereocenters. The van der Waals surface area contributed by atoms with Gasteiger partial charge in [-0.1, -0.05) is 47.3 Å². The number of rotatable bonds is 4. The Hall–Kier alpha value is -3.00. The Morgan fingerprint density at radius 1 is 1.04 bits per heavy atom. The summed E-state index contributed by atoms with van der Waals surface area (Å²) in [6.07, 6.45) is 1.78. The number of thioether (sulfide) groups is 1. The summed E-state index contributed by atoms with van der Waals surface area (Å²) in [6, 6.07) is 15.2. The van der Waals surface area contributed by atoms with Crippen LogP contribution in [0.5, 0.6) is 5.75 Å². The Labute approximate surface area is 141 Å². The summed E-state index contributed by atoms with van der Waals surface area (Å²) in [7, 11) is 0. The maximum absolute atomic E-state index is 12.7. The van der Waals surface area contributed by atoms with E-state index < -0.39 is 5.56 Å². The van der Waals surface area contributed by atoms with Gasteiger partial charge in [0.25, 0.3) is 0 Å². The zero-order valence-electron chi connectivity index (χ0n) is 12.7. The molecule has 0 spiro atoms. The minimum absolute atomic E-state index is 0.132. The van der Waals surface area contributed by atoms with Crippen LogP contribution in [-0.2, 0) is 0 Å². The summed E-state index contributed by atoms with van der Waals surface area (Å²) in [6.45, 7) is 0. The number of benzene rings is 2. The van der Waals surface area contributed by atoms with Crippen molar-refractivity contribution in [3.05, 3.63) is 65.0 Å². The monoisotopic (exact) mass is 339 g/mol. The summed E-state index contributed by atoms with van der Waals surface area (Å²) < 4.78 is 1.12. The highest BCUT2D eigenvalue weighted by atomic mass is 32.2. The van der Waals surface area contributed by atoms with E-state index in [9.17, 15) is 9.90 Å². The SMILES string of the molecule is CSc1nnc(-c2ccccc2)c(=O)n1N=Nc1ccc(O)cc1. The Morgan fingerprint density at radius 3 is 2.42 bits per heavy atom. The smallest absolute Gasteiger partial charge is 0.303 e. The van der Waals surface area contributed by atoms with Gasteiger partial charge in [-0.2, -0.15) is 0 Å². The number of aromatic nitrogens is 3. The van der Waals surface area contributed by atoms with Gasteiger partial charge in [0, 0.05) is 5.56 Å². The zero-order chi connectivity index (χ0) is 16.9. The van der Waals surface area contributed by atoms with Crippen LogP contribution < -0.4 is 5.56 Å². The average Bonchev–Trinajstić information content (AvgIpc) is 2.62. The molecule has 0 aliphatic carbocycles. The summed E-state index contributed by atoms with van der Waals surface area (Å²) in [5.41, 5.74) is 0.974. The van der Waals surface area contributed by atoms with Crippen molar-refractivity contribution in [2.24, 2.45) is 10.3 Å². The Kier molecular flexibility index (Phi) is 4.66. The predicted molar refractivity (Wildman–Crippen MR) is 91.5 cm³/mol. The molecule has 1 N–H and O–H groups in total. The van der Waals surface area contributed by atoms with Gasteiger partial charge < -0.3 is 5.11 Å². The number of phenolic OH excluding ortho intramolecular Hbond substituents is 1. The Balaban J connectivity index is 2.05. The molecular formula is C16H13N5O2S. The van der Waals surface area contributed by atoms with E-state index in [1.807, 2.05) is 18.2 Å². The molecule has 2 aromatic carbocycles. The summed E-state index contributed by atoms with van der Waals surface area (Å²) in [4.78, 5) is 12.7. The van der Waals surface area contributed by atoms with E-state index in [-0.39, 0.29) is 11.4 Å². The number of hydrogen-bond donors (Lipinski definition) is 1. The fourth-order valence-electron chi connectivity index (χ4n) is 1.96. The van der Waals surface area contributed by atoms with E-state index in [0.29, 0.717) is 16.4 Å². The maximum atomic E-state index is 12.7. The predicted octanol–water partition coefficient (Wildman–Crippen LogP) is 3.28. The second-order valence-electron chi connectivity index (χ2n) is 4.72. The first kappa shape index (κ1) is 15.9. The number of hydrogen-bond acceptors (Lipinski definition) is 7. The molecule has 1 heterocycles. The molecule has 0 aliphatic rings. The third-order valence-corrected chi connectivity index (χ3v) is 3.76. The summed E-state index contributed by atoms with van der Waals surface area (Å²) >= 11 is 1.25. The van der Waals surface area contributed by atoms with Crippen molar-refractivity contribution in [3.63, 3.8) is 0 Å². The van der Waals surface area contributed by atoms with E-state index >= 15 is 0 Å². The van der Waals surface area contributed by atoms with Gasteiger partial charge in [-0.3, -0.25) is 4.79 Å². The van der Waals surface area contributed by atoms with Crippen LogP contribution in [0.15, 0.2) is 74.9 Å². The van der Waals surface area contributed by atoms with Crippen LogP contribution in [0.4, 0.5) is 5.69 Å². The van der Waals surface area contributed by atoms with Crippen LogP contribution in [-0.4, -0.2) is 26.2 Å². The third-order valence-electron chi connectivity index (χ3n) is 3.14. The molecule has 0 radical (unpaired) electrons. The first-order chi connectivity index (χ1) is 11.7. The lowest BCUT2D eigenvalue weighted by Gasteiger charge is -2.05. The second kappa shape index (κ2) is 7.05. The lowest BCUT2D eigenvalue weighted by molar-refractivity contribution is 0.475. The standard InChI is InChI=1S/C16H13N5O2S/c1-24-16-19-18-14(11-5-3-2-4-6-11)15(23)21(16)20-17-12-7-9-13(22)10-8-12/h2-10,22H,1H3. The molecular weight excluding hydrogens is 326 g/mol. The van der Waals surface area contributed by atoms with E-state index in [1.165, 1.54) is 23.9 Å². The normalized spacial score (nSPS) is 11.0. The van der Waals surface area contributed by atoms with Gasteiger partial charge in [-0.25, -0.2) is 0 Å². The molecule has 3 aromatic rings. The highest BCUT2D eigenvalue weighted by Gasteiger charge is 2.13. The molecule has 0 fully saturated rings. The van der Waals surface area contributed by atoms with Crippen molar-refractivity contribution >= 4 is 17.4 Å². The van der Waals surface area contributed by atoms with Crippen molar-refractivity contribution in [1.82, 2.24) is 14.9 Å². The van der Waals surface area contributed by atoms with E-state index in [4.69, 9.17) is 0 Å². The molecule has 0 aliphatic heterocycles.